The Bertz CT molecular complexity index is 873. The van der Waals surface area contributed by atoms with E-state index in [1.165, 1.54) is 35.4 Å². The average Bonchev–Trinajstić information content (AvgIpc) is 2.78. The molecule has 0 saturated carbocycles. The van der Waals surface area contributed by atoms with Gasteiger partial charge in [-0.1, -0.05) is 0 Å². The Morgan fingerprint density at radius 1 is 1.19 bits per heavy atom. The lowest BCUT2D eigenvalue weighted by molar-refractivity contribution is -0.119. The van der Waals surface area contributed by atoms with Gasteiger partial charge >= 0.3 is 11.5 Å². The van der Waals surface area contributed by atoms with Crippen molar-refractivity contribution in [3.05, 3.63) is 48.2 Å². The third-order valence-electron chi connectivity index (χ3n) is 4.01. The lowest BCUT2D eigenvalue weighted by atomic mass is 10.2. The fourth-order valence-corrected chi connectivity index (χ4v) is 3.28. The van der Waals surface area contributed by atoms with E-state index in [1.54, 1.807) is 19.1 Å². The van der Waals surface area contributed by atoms with Crippen LogP contribution in [0.15, 0.2) is 47.5 Å². The number of carbonyl (C=O) groups is 2. The number of halogens is 3. The van der Waals surface area contributed by atoms with Crippen LogP contribution >= 0.6 is 11.8 Å². The molecule has 142 valence electrons. The summed E-state index contributed by atoms with van der Waals surface area (Å²) in [6.45, 7) is 1.76. The summed E-state index contributed by atoms with van der Waals surface area (Å²) in [4.78, 5) is 31.5. The lowest BCUT2D eigenvalue weighted by Gasteiger charge is -2.19. The van der Waals surface area contributed by atoms with Crippen LogP contribution in [0.4, 0.5) is 29.5 Å². The number of benzene rings is 1. The number of amides is 3. The van der Waals surface area contributed by atoms with E-state index in [0.717, 1.165) is 4.90 Å². The molecular formula is C17H15F3N4O2S. The van der Waals surface area contributed by atoms with Gasteiger partial charge in [0.2, 0.25) is 0 Å². The highest BCUT2D eigenvalue weighted by Crippen LogP contribution is 2.37. The number of alkyl halides is 3. The number of thioether (sulfide) groups is 1. The van der Waals surface area contributed by atoms with Crippen molar-refractivity contribution in [1.29, 1.82) is 0 Å². The number of imide groups is 1. The third kappa shape index (κ3) is 4.16. The Morgan fingerprint density at radius 3 is 2.44 bits per heavy atom. The van der Waals surface area contributed by atoms with E-state index in [2.05, 4.69) is 4.98 Å². The molecular weight excluding hydrogens is 381 g/mol. The van der Waals surface area contributed by atoms with Crippen molar-refractivity contribution in [2.45, 2.75) is 29.9 Å². The largest absolute Gasteiger partial charge is 0.446 e. The van der Waals surface area contributed by atoms with Gasteiger partial charge in [0, 0.05) is 17.6 Å². The molecule has 1 aromatic carbocycles. The summed E-state index contributed by atoms with van der Waals surface area (Å²) < 4.78 is 37.3. The second kappa shape index (κ2) is 7.10. The molecule has 1 atom stereocenters. The second-order valence-corrected chi connectivity index (χ2v) is 7.03. The zero-order chi connectivity index (χ0) is 19.8. The van der Waals surface area contributed by atoms with Gasteiger partial charge in [-0.05, 0) is 60.6 Å². The van der Waals surface area contributed by atoms with Crippen molar-refractivity contribution in [2.24, 2.45) is 0 Å². The van der Waals surface area contributed by atoms with Crippen LogP contribution in [0.3, 0.4) is 0 Å². The van der Waals surface area contributed by atoms with Gasteiger partial charge in [-0.25, -0.2) is 14.7 Å². The van der Waals surface area contributed by atoms with E-state index in [-0.39, 0.29) is 28.9 Å². The van der Waals surface area contributed by atoms with E-state index < -0.39 is 23.5 Å². The van der Waals surface area contributed by atoms with Crippen molar-refractivity contribution < 1.29 is 22.8 Å². The van der Waals surface area contributed by atoms with E-state index >= 15 is 0 Å². The molecule has 3 rings (SSSR count). The molecule has 1 aromatic heterocycles. The number of nitrogens with two attached hydrogens (primary N) is 1. The molecule has 6 nitrogen and oxygen atoms in total. The van der Waals surface area contributed by atoms with E-state index in [4.69, 9.17) is 5.73 Å². The maximum absolute atomic E-state index is 12.7. The molecule has 0 aliphatic carbocycles. The molecule has 1 aliphatic heterocycles. The number of hydrogen-bond acceptors (Lipinski definition) is 5. The average molecular weight is 396 g/mol. The quantitative estimate of drug-likeness (QED) is 0.631. The van der Waals surface area contributed by atoms with Gasteiger partial charge in [0.25, 0.3) is 5.91 Å². The minimum Gasteiger partial charge on any atom is -0.384 e. The van der Waals surface area contributed by atoms with Crippen molar-refractivity contribution in [2.75, 3.05) is 10.6 Å². The summed E-state index contributed by atoms with van der Waals surface area (Å²) in [5.41, 5.74) is 2.17. The summed E-state index contributed by atoms with van der Waals surface area (Å²) in [6, 6.07) is 7.14. The summed E-state index contributed by atoms with van der Waals surface area (Å²) in [7, 11) is 0. The smallest absolute Gasteiger partial charge is 0.384 e. The summed E-state index contributed by atoms with van der Waals surface area (Å²) in [6.07, 6.45) is 1.51. The number of urea groups is 1. The molecule has 3 amide bonds. The molecule has 2 aromatic rings. The first-order valence-corrected chi connectivity index (χ1v) is 8.68. The van der Waals surface area contributed by atoms with Crippen molar-refractivity contribution in [3.8, 4) is 0 Å². The van der Waals surface area contributed by atoms with E-state index in [9.17, 15) is 22.8 Å². The van der Waals surface area contributed by atoms with E-state index in [1.807, 2.05) is 0 Å². The maximum Gasteiger partial charge on any atom is 0.446 e. The predicted molar refractivity (Wildman–Crippen MR) is 94.9 cm³/mol. The highest BCUT2D eigenvalue weighted by molar-refractivity contribution is 8.00. The monoisotopic (exact) mass is 396 g/mol. The van der Waals surface area contributed by atoms with Crippen LogP contribution in [0, 0.1) is 0 Å². The zero-order valence-corrected chi connectivity index (χ0v) is 14.9. The van der Waals surface area contributed by atoms with Crippen molar-refractivity contribution >= 4 is 35.2 Å². The molecule has 27 heavy (non-hydrogen) atoms. The number of anilines is 2. The van der Waals surface area contributed by atoms with Gasteiger partial charge in [-0.3, -0.25) is 4.79 Å². The standard InChI is InChI=1S/C17H15F3N4O2S/c1-10-15(25)24(12-2-4-13(5-3-12)27-17(18,19)20)16(26)23(10)9-11-6-7-22-14(21)8-11/h2-8,10H,9H2,1H3,(H2,21,22). The van der Waals surface area contributed by atoms with Crippen LogP contribution in [0.25, 0.3) is 0 Å². The summed E-state index contributed by atoms with van der Waals surface area (Å²) in [5, 5.41) is 0. The second-order valence-electron chi connectivity index (χ2n) is 5.89. The van der Waals surface area contributed by atoms with Gasteiger partial charge in [-0.15, -0.1) is 0 Å². The highest BCUT2D eigenvalue weighted by atomic mass is 32.2. The van der Waals surface area contributed by atoms with Crippen molar-refractivity contribution in [3.63, 3.8) is 0 Å². The molecule has 0 radical (unpaired) electrons. The van der Waals surface area contributed by atoms with Crippen LogP contribution < -0.4 is 10.6 Å². The van der Waals surface area contributed by atoms with Crippen LogP contribution in [-0.4, -0.2) is 33.4 Å². The Balaban J connectivity index is 1.80. The molecule has 2 N–H and O–H groups in total. The normalized spacial score (nSPS) is 17.7. The zero-order valence-electron chi connectivity index (χ0n) is 14.1. The predicted octanol–water partition coefficient (Wildman–Crippen LogP) is 3.63. The van der Waals surface area contributed by atoms with Crippen LogP contribution in [0.2, 0.25) is 0 Å². The summed E-state index contributed by atoms with van der Waals surface area (Å²) in [5.74, 6) is -0.147. The van der Waals surface area contributed by atoms with Gasteiger partial charge in [0.1, 0.15) is 11.9 Å². The number of carbonyl (C=O) groups excluding carboxylic acids is 2. The fraction of sp³-hybridized carbons (Fsp3) is 0.235. The van der Waals surface area contributed by atoms with Crippen LogP contribution in [-0.2, 0) is 11.3 Å². The number of hydrogen-bond donors (Lipinski definition) is 1. The first-order valence-electron chi connectivity index (χ1n) is 7.86. The fourth-order valence-electron chi connectivity index (χ4n) is 2.74. The molecule has 0 spiro atoms. The molecule has 1 saturated heterocycles. The number of nitrogen functional groups attached to an aromatic ring is 1. The first kappa shape index (κ1) is 19.0. The minimum absolute atomic E-state index is 0.0255. The minimum atomic E-state index is -4.40. The van der Waals surface area contributed by atoms with Crippen molar-refractivity contribution in [1.82, 2.24) is 9.88 Å². The topological polar surface area (TPSA) is 79.5 Å². The molecule has 2 heterocycles. The number of aromatic nitrogens is 1. The number of rotatable bonds is 4. The Kier molecular flexibility index (Phi) is 5.01. The molecule has 10 heteroatoms. The Hall–Kier alpha value is -2.75. The molecule has 1 unspecified atom stereocenters. The highest BCUT2D eigenvalue weighted by Gasteiger charge is 2.43. The number of nitrogens with zero attached hydrogens (tertiary/aromatic N) is 3. The molecule has 1 aliphatic rings. The van der Waals surface area contributed by atoms with Gasteiger partial charge in [-0.2, -0.15) is 13.2 Å². The Labute approximate surface area is 157 Å². The summed E-state index contributed by atoms with van der Waals surface area (Å²) >= 11 is -0.259. The maximum atomic E-state index is 12.7. The van der Waals surface area contributed by atoms with E-state index in [0.29, 0.717) is 11.4 Å². The van der Waals surface area contributed by atoms with Crippen LogP contribution in [0.1, 0.15) is 12.5 Å². The first-order chi connectivity index (χ1) is 12.7. The van der Waals surface area contributed by atoms with Gasteiger partial charge in [0.15, 0.2) is 0 Å². The SMILES string of the molecule is CC1C(=O)N(c2ccc(SC(F)(F)F)cc2)C(=O)N1Cc1ccnc(N)c1. The molecule has 1 fully saturated rings. The number of pyridine rings is 1. The lowest BCUT2D eigenvalue weighted by Crippen LogP contribution is -2.33. The van der Waals surface area contributed by atoms with Gasteiger partial charge < -0.3 is 10.6 Å². The van der Waals surface area contributed by atoms with Crippen LogP contribution in [0.5, 0.6) is 0 Å². The Morgan fingerprint density at radius 2 is 1.85 bits per heavy atom. The molecule has 0 bridgehead atoms. The third-order valence-corrected chi connectivity index (χ3v) is 4.75. The van der Waals surface area contributed by atoms with Gasteiger partial charge in [0.05, 0.1) is 5.69 Å².